The Bertz CT molecular complexity index is 206. The Morgan fingerprint density at radius 1 is 1.12 bits per heavy atom. The van der Waals surface area contributed by atoms with Crippen LogP contribution in [0.15, 0.2) is 0 Å². The van der Waals surface area contributed by atoms with Crippen LogP contribution in [0.4, 0.5) is 0 Å². The maximum Gasteiger partial charge on any atom is 0.695 e. The average molecular weight is 249 g/mol. The van der Waals surface area contributed by atoms with E-state index in [2.05, 4.69) is 11.4 Å². The van der Waals surface area contributed by atoms with Crippen molar-refractivity contribution >= 4 is 14.0 Å². The van der Waals surface area contributed by atoms with E-state index < -0.39 is 8.25 Å². The molecule has 0 aromatic carbocycles. The average Bonchev–Trinajstić information content (AvgIpc) is 2.25. The van der Waals surface area contributed by atoms with Crippen LogP contribution < -0.4 is 0 Å². The summed E-state index contributed by atoms with van der Waals surface area (Å²) in [5.41, 5.74) is 0. The van der Waals surface area contributed by atoms with E-state index in [1.54, 1.807) is 0 Å². The summed E-state index contributed by atoms with van der Waals surface area (Å²) < 4.78 is 14.5. The van der Waals surface area contributed by atoms with Crippen molar-refractivity contribution in [2.75, 3.05) is 6.61 Å². The topological polar surface area (TPSA) is 63.6 Å². The molecule has 1 atom stereocenters. The summed E-state index contributed by atoms with van der Waals surface area (Å²) in [7, 11) is -2.63. The first-order valence-corrected chi connectivity index (χ1v) is 7.10. The van der Waals surface area contributed by atoms with E-state index >= 15 is 0 Å². The molecule has 1 unspecified atom stereocenters. The molecule has 0 aliphatic carbocycles. The highest BCUT2D eigenvalue weighted by Crippen LogP contribution is 2.14. The fraction of sp³-hybridized carbons (Fsp3) is 0.909. The lowest BCUT2D eigenvalue weighted by Crippen LogP contribution is -2.04. The second-order valence-electron chi connectivity index (χ2n) is 3.92. The molecule has 0 radical (unpaired) electrons. The summed E-state index contributed by atoms with van der Waals surface area (Å²) in [6.45, 7) is 1.95. The van der Waals surface area contributed by atoms with Gasteiger partial charge in [-0.05, 0) is 6.42 Å². The van der Waals surface area contributed by atoms with Gasteiger partial charge in [-0.15, -0.1) is 9.42 Å². The number of ketones is 1. The van der Waals surface area contributed by atoms with Gasteiger partial charge in [0.25, 0.3) is 0 Å². The van der Waals surface area contributed by atoms with Crippen LogP contribution >= 0.6 is 8.25 Å². The van der Waals surface area contributed by atoms with E-state index in [4.69, 9.17) is 4.89 Å². The second-order valence-corrected chi connectivity index (χ2v) is 4.66. The van der Waals surface area contributed by atoms with Crippen LogP contribution in [0.1, 0.15) is 58.3 Å². The molecule has 1 N–H and O–H groups in total. The van der Waals surface area contributed by atoms with Crippen molar-refractivity contribution in [2.24, 2.45) is 0 Å². The summed E-state index contributed by atoms with van der Waals surface area (Å²) in [6.07, 6.45) is 8.58. The molecule has 94 valence electrons. The summed E-state index contributed by atoms with van der Waals surface area (Å²) in [5.74, 6) is -0.0917. The lowest BCUT2D eigenvalue weighted by atomic mass is 10.1. The number of Topliss-reactive ketones (excluding diaryl/α,β-unsaturated/α-hetero) is 1. The second kappa shape index (κ2) is 11.2. The predicted octanol–water partition coefficient (Wildman–Crippen LogP) is 3.36. The van der Waals surface area contributed by atoms with E-state index in [-0.39, 0.29) is 12.4 Å². The van der Waals surface area contributed by atoms with Crippen molar-refractivity contribution in [1.82, 2.24) is 0 Å². The normalized spacial score (nSPS) is 11.5. The summed E-state index contributed by atoms with van der Waals surface area (Å²) >= 11 is 0. The van der Waals surface area contributed by atoms with Crippen LogP contribution in [0, 0.1) is 0 Å². The Balaban J connectivity index is 3.18. The molecule has 0 aromatic rings. The predicted molar refractivity (Wildman–Crippen MR) is 63.4 cm³/mol. The lowest BCUT2D eigenvalue weighted by Gasteiger charge is -1.99. The van der Waals surface area contributed by atoms with Crippen LogP contribution in [0.25, 0.3) is 0 Å². The van der Waals surface area contributed by atoms with Gasteiger partial charge in [0, 0.05) is 11.0 Å². The third-order valence-corrected chi connectivity index (χ3v) is 2.75. The largest absolute Gasteiger partial charge is 0.695 e. The molecule has 0 saturated carbocycles. The number of carbonyl (C=O) groups is 1. The van der Waals surface area contributed by atoms with Crippen LogP contribution in [0.3, 0.4) is 0 Å². The number of rotatable bonds is 11. The van der Waals surface area contributed by atoms with Gasteiger partial charge in [-0.3, -0.25) is 4.79 Å². The summed E-state index contributed by atoms with van der Waals surface area (Å²) in [6, 6.07) is 0. The minimum Gasteiger partial charge on any atom is -0.297 e. The van der Waals surface area contributed by atoms with Gasteiger partial charge in [-0.25, -0.2) is 0 Å². The van der Waals surface area contributed by atoms with Crippen molar-refractivity contribution in [3.8, 4) is 0 Å². The SMILES string of the molecule is CCCCCCCCCC(=O)CO[P+](=O)O. The molecule has 0 saturated heterocycles. The van der Waals surface area contributed by atoms with Gasteiger partial charge >= 0.3 is 8.25 Å². The summed E-state index contributed by atoms with van der Waals surface area (Å²) in [5, 5.41) is 0. The Morgan fingerprint density at radius 3 is 2.25 bits per heavy atom. The Labute approximate surface area is 98.3 Å². The van der Waals surface area contributed by atoms with Crippen molar-refractivity contribution < 1.29 is 18.8 Å². The first kappa shape index (κ1) is 15.7. The van der Waals surface area contributed by atoms with Crippen LogP contribution in [-0.2, 0) is 13.9 Å². The fourth-order valence-electron chi connectivity index (χ4n) is 1.48. The van der Waals surface area contributed by atoms with Gasteiger partial charge < -0.3 is 0 Å². The molecule has 4 nitrogen and oxygen atoms in total. The minimum absolute atomic E-state index is 0.0917. The smallest absolute Gasteiger partial charge is 0.297 e. The highest BCUT2D eigenvalue weighted by Gasteiger charge is 2.14. The van der Waals surface area contributed by atoms with E-state index in [0.717, 1.165) is 12.8 Å². The zero-order valence-corrected chi connectivity index (χ0v) is 10.9. The molecule has 0 aliphatic heterocycles. The van der Waals surface area contributed by atoms with Crippen LogP contribution in [-0.4, -0.2) is 17.3 Å². The van der Waals surface area contributed by atoms with Crippen molar-refractivity contribution in [3.05, 3.63) is 0 Å². The van der Waals surface area contributed by atoms with Gasteiger partial charge in [-0.2, -0.15) is 0 Å². The molecule has 0 heterocycles. The quantitative estimate of drug-likeness (QED) is 0.450. The highest BCUT2D eigenvalue weighted by atomic mass is 31.1. The molecule has 0 aromatic heterocycles. The number of carbonyl (C=O) groups excluding carboxylic acids is 1. The van der Waals surface area contributed by atoms with Gasteiger partial charge in [0.05, 0.1) is 0 Å². The van der Waals surface area contributed by atoms with E-state index in [1.807, 2.05) is 0 Å². The molecule has 5 heteroatoms. The molecule has 0 bridgehead atoms. The third kappa shape index (κ3) is 11.8. The number of unbranched alkanes of at least 4 members (excludes halogenated alkanes) is 6. The van der Waals surface area contributed by atoms with Crippen molar-refractivity contribution in [1.29, 1.82) is 0 Å². The van der Waals surface area contributed by atoms with Gasteiger partial charge in [0.2, 0.25) is 0 Å². The zero-order chi connectivity index (χ0) is 12.2. The lowest BCUT2D eigenvalue weighted by molar-refractivity contribution is -0.121. The molecular formula is C11H22O4P+. The van der Waals surface area contributed by atoms with Gasteiger partial charge in [0.15, 0.2) is 12.4 Å². The first-order chi connectivity index (χ1) is 7.66. The standard InChI is InChI=1S/C11H21O4P/c1-2-3-4-5-6-7-8-9-11(12)10-15-16(13)14/h2-10H2,1H3/p+1. The Kier molecular flexibility index (Phi) is 11.0. The molecule has 0 fully saturated rings. The first-order valence-electron chi connectivity index (χ1n) is 5.97. The maximum absolute atomic E-state index is 11.1. The van der Waals surface area contributed by atoms with Crippen molar-refractivity contribution in [2.45, 2.75) is 58.3 Å². The van der Waals surface area contributed by atoms with Gasteiger partial charge in [0.1, 0.15) is 0 Å². The monoisotopic (exact) mass is 249 g/mol. The van der Waals surface area contributed by atoms with Crippen LogP contribution in [0.2, 0.25) is 0 Å². The summed E-state index contributed by atoms with van der Waals surface area (Å²) in [4.78, 5) is 19.4. The third-order valence-electron chi connectivity index (χ3n) is 2.40. The van der Waals surface area contributed by atoms with Gasteiger partial charge in [-0.1, -0.05) is 45.4 Å². The fourth-order valence-corrected chi connectivity index (χ4v) is 1.73. The number of hydrogen-bond donors (Lipinski definition) is 1. The number of hydrogen-bond acceptors (Lipinski definition) is 3. The van der Waals surface area contributed by atoms with Crippen LogP contribution in [0.5, 0.6) is 0 Å². The van der Waals surface area contributed by atoms with E-state index in [0.29, 0.717) is 6.42 Å². The molecule has 0 aliphatic rings. The van der Waals surface area contributed by atoms with E-state index in [1.165, 1.54) is 32.1 Å². The molecule has 0 spiro atoms. The molecular weight excluding hydrogens is 227 g/mol. The Hall–Kier alpha value is -0.310. The van der Waals surface area contributed by atoms with E-state index in [9.17, 15) is 9.36 Å². The zero-order valence-electron chi connectivity index (χ0n) is 9.98. The highest BCUT2D eigenvalue weighted by molar-refractivity contribution is 7.32. The minimum atomic E-state index is -2.63. The Morgan fingerprint density at radius 2 is 1.69 bits per heavy atom. The van der Waals surface area contributed by atoms with Crippen molar-refractivity contribution in [3.63, 3.8) is 0 Å². The molecule has 16 heavy (non-hydrogen) atoms. The molecule has 0 amide bonds. The molecule has 0 rings (SSSR count). The maximum atomic E-state index is 11.1.